The van der Waals surface area contributed by atoms with Crippen molar-refractivity contribution < 1.29 is 23.9 Å². The zero-order valence-corrected chi connectivity index (χ0v) is 25.6. The highest BCUT2D eigenvalue weighted by Crippen LogP contribution is 2.27. The van der Waals surface area contributed by atoms with E-state index in [9.17, 15) is 19.2 Å². The molecule has 2 unspecified atom stereocenters. The SMILES string of the molecule is C=Cc1cccc(C(C(=O)Nc2ccccc2C)N(CCCCCCC)C(=O)C(CC(N)=O)NC(=O)OC(C)(C)C)c1. The number of hydrogen-bond acceptors (Lipinski definition) is 5. The largest absolute Gasteiger partial charge is 0.444 e. The molecule has 2 aromatic carbocycles. The van der Waals surface area contributed by atoms with Crippen molar-refractivity contribution >= 4 is 35.6 Å². The molecule has 0 fully saturated rings. The maximum absolute atomic E-state index is 14.2. The zero-order chi connectivity index (χ0) is 31.3. The van der Waals surface area contributed by atoms with Crippen LogP contribution in [0.4, 0.5) is 10.5 Å². The van der Waals surface area contributed by atoms with Crippen molar-refractivity contribution in [3.8, 4) is 0 Å². The zero-order valence-electron chi connectivity index (χ0n) is 25.6. The molecule has 2 atom stereocenters. The number of primary amides is 1. The summed E-state index contributed by atoms with van der Waals surface area (Å²) in [4.78, 5) is 54.5. The van der Waals surface area contributed by atoms with Crippen LogP contribution in [0.25, 0.3) is 6.08 Å². The summed E-state index contributed by atoms with van der Waals surface area (Å²) in [6, 6.07) is 12.2. The van der Waals surface area contributed by atoms with Crippen LogP contribution >= 0.6 is 0 Å². The average Bonchev–Trinajstić information content (AvgIpc) is 2.91. The number of amides is 4. The first-order valence-electron chi connectivity index (χ1n) is 14.5. The topological polar surface area (TPSA) is 131 Å². The van der Waals surface area contributed by atoms with Crippen molar-refractivity contribution in [2.24, 2.45) is 5.73 Å². The number of para-hydroxylation sites is 1. The van der Waals surface area contributed by atoms with E-state index in [0.717, 1.165) is 36.8 Å². The molecule has 4 amide bonds. The van der Waals surface area contributed by atoms with Crippen LogP contribution in [-0.4, -0.2) is 46.9 Å². The summed E-state index contributed by atoms with van der Waals surface area (Å²) >= 11 is 0. The quantitative estimate of drug-likeness (QED) is 0.227. The summed E-state index contributed by atoms with van der Waals surface area (Å²) in [5.41, 5.74) is 7.49. The summed E-state index contributed by atoms with van der Waals surface area (Å²) in [6.45, 7) is 13.1. The molecule has 9 heteroatoms. The highest BCUT2D eigenvalue weighted by molar-refractivity contribution is 6.00. The minimum Gasteiger partial charge on any atom is -0.444 e. The Morgan fingerprint density at radius 3 is 2.33 bits per heavy atom. The summed E-state index contributed by atoms with van der Waals surface area (Å²) in [5.74, 6) is -1.81. The van der Waals surface area contributed by atoms with E-state index in [0.29, 0.717) is 17.7 Å². The Hall–Kier alpha value is -4.14. The van der Waals surface area contributed by atoms with E-state index in [-0.39, 0.29) is 6.54 Å². The Morgan fingerprint density at radius 2 is 1.71 bits per heavy atom. The van der Waals surface area contributed by atoms with E-state index >= 15 is 0 Å². The standard InChI is InChI=1S/C33H46N4O5/c1-7-9-10-11-14-20-37(31(40)27(22-28(34)38)36-32(41)42-33(4,5)6)29(25-18-15-17-24(8-2)21-25)30(39)35-26-19-13-12-16-23(26)3/h8,12-13,15-19,21,27,29H,2,7,9-11,14,20,22H2,1,3-6H3,(H2,34,38)(H,35,39)(H,36,41). The number of unbranched alkanes of at least 4 members (excludes halogenated alkanes) is 4. The van der Waals surface area contributed by atoms with Gasteiger partial charge in [-0.1, -0.05) is 81.7 Å². The van der Waals surface area contributed by atoms with Gasteiger partial charge >= 0.3 is 6.09 Å². The van der Waals surface area contributed by atoms with Gasteiger partial charge in [-0.05, 0) is 62.9 Å². The molecule has 0 saturated heterocycles. The maximum atomic E-state index is 14.2. The lowest BCUT2D eigenvalue weighted by Crippen LogP contribution is -2.53. The molecular weight excluding hydrogens is 532 g/mol. The predicted molar refractivity (Wildman–Crippen MR) is 167 cm³/mol. The third kappa shape index (κ3) is 11.0. The van der Waals surface area contributed by atoms with Gasteiger partial charge in [0.15, 0.2) is 0 Å². The fourth-order valence-corrected chi connectivity index (χ4v) is 4.55. The monoisotopic (exact) mass is 578 g/mol. The van der Waals surface area contributed by atoms with Crippen LogP contribution in [0.5, 0.6) is 0 Å². The predicted octanol–water partition coefficient (Wildman–Crippen LogP) is 5.89. The van der Waals surface area contributed by atoms with Crippen LogP contribution in [0.2, 0.25) is 0 Å². The van der Waals surface area contributed by atoms with E-state index in [1.807, 2.05) is 31.2 Å². The molecular formula is C33H46N4O5. The van der Waals surface area contributed by atoms with Crippen molar-refractivity contribution in [2.75, 3.05) is 11.9 Å². The minimum atomic E-state index is -1.33. The van der Waals surface area contributed by atoms with Gasteiger partial charge in [0.1, 0.15) is 17.7 Å². The summed E-state index contributed by atoms with van der Waals surface area (Å²) in [5, 5.41) is 5.50. The molecule has 42 heavy (non-hydrogen) atoms. The molecule has 4 N–H and O–H groups in total. The van der Waals surface area contributed by atoms with E-state index in [2.05, 4.69) is 24.1 Å². The van der Waals surface area contributed by atoms with Crippen LogP contribution in [0, 0.1) is 6.92 Å². The van der Waals surface area contributed by atoms with Gasteiger partial charge in [0.05, 0.1) is 6.42 Å². The van der Waals surface area contributed by atoms with Gasteiger partial charge < -0.3 is 26.0 Å². The van der Waals surface area contributed by atoms with E-state index < -0.39 is 47.9 Å². The molecule has 0 aliphatic rings. The first-order valence-corrected chi connectivity index (χ1v) is 14.5. The van der Waals surface area contributed by atoms with Crippen molar-refractivity contribution in [3.63, 3.8) is 0 Å². The summed E-state index contributed by atoms with van der Waals surface area (Å²) in [7, 11) is 0. The van der Waals surface area contributed by atoms with Gasteiger partial charge in [-0.3, -0.25) is 14.4 Å². The van der Waals surface area contributed by atoms with Crippen LogP contribution in [0.3, 0.4) is 0 Å². The molecule has 2 aromatic rings. The minimum absolute atomic E-state index is 0.220. The van der Waals surface area contributed by atoms with E-state index in [4.69, 9.17) is 10.5 Å². The number of aryl methyl sites for hydroxylation is 1. The second-order valence-corrected chi connectivity index (χ2v) is 11.4. The molecule has 2 rings (SSSR count). The lowest BCUT2D eigenvalue weighted by Gasteiger charge is -2.34. The molecule has 0 radical (unpaired) electrons. The maximum Gasteiger partial charge on any atom is 0.408 e. The average molecular weight is 579 g/mol. The van der Waals surface area contributed by atoms with Gasteiger partial charge in [0.2, 0.25) is 11.8 Å². The first-order chi connectivity index (χ1) is 19.9. The molecule has 0 aliphatic carbocycles. The highest BCUT2D eigenvalue weighted by Gasteiger charge is 2.37. The molecule has 0 heterocycles. The normalized spacial score (nSPS) is 12.5. The van der Waals surface area contributed by atoms with Crippen molar-refractivity contribution in [3.05, 3.63) is 71.8 Å². The molecule has 0 bridgehead atoms. The number of ether oxygens (including phenoxy) is 1. The van der Waals surface area contributed by atoms with Gasteiger partial charge in [-0.25, -0.2) is 4.79 Å². The lowest BCUT2D eigenvalue weighted by molar-refractivity contribution is -0.142. The highest BCUT2D eigenvalue weighted by atomic mass is 16.6. The first kappa shape index (κ1) is 34.1. The Morgan fingerprint density at radius 1 is 1.02 bits per heavy atom. The third-order valence-electron chi connectivity index (χ3n) is 6.61. The van der Waals surface area contributed by atoms with Gasteiger partial charge in [0, 0.05) is 12.2 Å². The Labute approximate surface area is 249 Å². The van der Waals surface area contributed by atoms with Crippen LogP contribution < -0.4 is 16.4 Å². The van der Waals surface area contributed by atoms with Crippen molar-refractivity contribution in [1.29, 1.82) is 0 Å². The molecule has 228 valence electrons. The smallest absolute Gasteiger partial charge is 0.408 e. The number of anilines is 1. The van der Waals surface area contributed by atoms with Crippen LogP contribution in [-0.2, 0) is 19.1 Å². The fourth-order valence-electron chi connectivity index (χ4n) is 4.55. The number of nitrogens with one attached hydrogen (secondary N) is 2. The number of nitrogens with two attached hydrogens (primary N) is 1. The summed E-state index contributed by atoms with van der Waals surface area (Å²) in [6.07, 6.45) is 4.90. The Kier molecular flexibility index (Phi) is 13.3. The van der Waals surface area contributed by atoms with E-state index in [1.54, 1.807) is 51.1 Å². The van der Waals surface area contributed by atoms with E-state index in [1.165, 1.54) is 4.90 Å². The number of nitrogens with zero attached hydrogens (tertiary/aromatic N) is 1. The number of benzene rings is 2. The third-order valence-corrected chi connectivity index (χ3v) is 6.61. The number of carbonyl (C=O) groups excluding carboxylic acids is 4. The van der Waals surface area contributed by atoms with Crippen LogP contribution in [0.15, 0.2) is 55.1 Å². The Balaban J connectivity index is 2.58. The molecule has 9 nitrogen and oxygen atoms in total. The second kappa shape index (κ2) is 16.3. The molecule has 0 aliphatic heterocycles. The molecule has 0 spiro atoms. The summed E-state index contributed by atoms with van der Waals surface area (Å²) < 4.78 is 5.36. The lowest BCUT2D eigenvalue weighted by atomic mass is 9.99. The van der Waals surface area contributed by atoms with Gasteiger partial charge in [-0.15, -0.1) is 0 Å². The number of alkyl carbamates (subject to hydrolysis) is 1. The number of carbonyl (C=O) groups is 4. The number of hydrogen-bond donors (Lipinski definition) is 3. The second-order valence-electron chi connectivity index (χ2n) is 11.4. The van der Waals surface area contributed by atoms with Crippen LogP contribution in [0.1, 0.15) is 89.0 Å². The Bertz CT molecular complexity index is 1240. The number of rotatable bonds is 15. The van der Waals surface area contributed by atoms with Gasteiger partial charge in [-0.2, -0.15) is 0 Å². The van der Waals surface area contributed by atoms with Crippen molar-refractivity contribution in [2.45, 2.75) is 90.8 Å². The molecule has 0 saturated carbocycles. The van der Waals surface area contributed by atoms with Crippen molar-refractivity contribution in [1.82, 2.24) is 10.2 Å². The molecule has 0 aromatic heterocycles. The van der Waals surface area contributed by atoms with Gasteiger partial charge in [0.25, 0.3) is 5.91 Å². The fraction of sp³-hybridized carbons (Fsp3) is 0.455.